The van der Waals surface area contributed by atoms with E-state index >= 15 is 0 Å². The van der Waals surface area contributed by atoms with Gasteiger partial charge in [0.25, 0.3) is 5.91 Å². The van der Waals surface area contributed by atoms with Crippen molar-refractivity contribution in [2.24, 2.45) is 4.99 Å². The summed E-state index contributed by atoms with van der Waals surface area (Å²) in [5, 5.41) is 2.86. The number of aliphatic imine (C=N–C) groups is 1. The minimum absolute atomic E-state index is 0.133. The van der Waals surface area contributed by atoms with Crippen LogP contribution in [-0.4, -0.2) is 37.0 Å². The van der Waals surface area contributed by atoms with E-state index in [0.717, 1.165) is 37.2 Å². The van der Waals surface area contributed by atoms with Crippen molar-refractivity contribution < 1.29 is 9.53 Å². The molecule has 21 heavy (non-hydrogen) atoms. The Morgan fingerprint density at radius 2 is 1.90 bits per heavy atom. The lowest BCUT2D eigenvalue weighted by Gasteiger charge is -2.27. The molecule has 0 bridgehead atoms. The second kappa shape index (κ2) is 5.99. The van der Waals surface area contributed by atoms with E-state index in [2.05, 4.69) is 15.2 Å². The quantitative estimate of drug-likeness (QED) is 0.846. The average molecular weight is 285 g/mol. The molecule has 0 aromatic heterocycles. The molecular formula is C16H19N3O2. The van der Waals surface area contributed by atoms with Crippen LogP contribution in [0.4, 0.5) is 0 Å². The number of guanidine groups is 1. The molecule has 5 heteroatoms. The molecule has 0 atom stereocenters. The van der Waals surface area contributed by atoms with Crippen molar-refractivity contribution in [1.29, 1.82) is 0 Å². The van der Waals surface area contributed by atoms with Crippen LogP contribution in [0.3, 0.4) is 0 Å². The van der Waals surface area contributed by atoms with Crippen molar-refractivity contribution >= 4 is 17.9 Å². The standard InChI is InChI=1S/C16H19N3O2/c1-21-13-7-5-12(6-8-13)11-14-15(20)18-16(17-14)19-9-3-2-4-10-19/h5-8,11H,2-4,9-10H2,1H3,(H,17,18,20). The van der Waals surface area contributed by atoms with E-state index in [0.29, 0.717) is 11.7 Å². The summed E-state index contributed by atoms with van der Waals surface area (Å²) in [5.74, 6) is 1.36. The van der Waals surface area contributed by atoms with Gasteiger partial charge in [-0.2, -0.15) is 0 Å². The lowest BCUT2D eigenvalue weighted by molar-refractivity contribution is -0.115. The van der Waals surface area contributed by atoms with Crippen LogP contribution in [0.25, 0.3) is 6.08 Å². The van der Waals surface area contributed by atoms with Gasteiger partial charge in [0.1, 0.15) is 11.4 Å². The van der Waals surface area contributed by atoms with Gasteiger partial charge in [-0.05, 0) is 43.0 Å². The van der Waals surface area contributed by atoms with Crippen molar-refractivity contribution in [3.8, 4) is 5.75 Å². The van der Waals surface area contributed by atoms with Crippen molar-refractivity contribution in [2.45, 2.75) is 19.3 Å². The molecule has 5 nitrogen and oxygen atoms in total. The number of nitrogens with zero attached hydrogens (tertiary/aromatic N) is 2. The smallest absolute Gasteiger partial charge is 0.276 e. The zero-order valence-electron chi connectivity index (χ0n) is 12.1. The van der Waals surface area contributed by atoms with Gasteiger partial charge in [-0.15, -0.1) is 0 Å². The summed E-state index contributed by atoms with van der Waals surface area (Å²) in [4.78, 5) is 18.6. The lowest BCUT2D eigenvalue weighted by Crippen LogP contribution is -2.43. The van der Waals surface area contributed by atoms with E-state index in [1.54, 1.807) is 13.2 Å². The van der Waals surface area contributed by atoms with Gasteiger partial charge in [0.2, 0.25) is 5.96 Å². The molecule has 3 rings (SSSR count). The van der Waals surface area contributed by atoms with Gasteiger partial charge >= 0.3 is 0 Å². The highest BCUT2D eigenvalue weighted by Crippen LogP contribution is 2.18. The summed E-state index contributed by atoms with van der Waals surface area (Å²) >= 11 is 0. The summed E-state index contributed by atoms with van der Waals surface area (Å²) in [6.07, 6.45) is 5.37. The first-order valence-electron chi connectivity index (χ1n) is 7.27. The zero-order valence-corrected chi connectivity index (χ0v) is 12.1. The van der Waals surface area contributed by atoms with Crippen LogP contribution in [0.15, 0.2) is 35.0 Å². The highest BCUT2D eigenvalue weighted by atomic mass is 16.5. The molecule has 0 radical (unpaired) electrons. The topological polar surface area (TPSA) is 53.9 Å². The number of hydrogen-bond acceptors (Lipinski definition) is 4. The van der Waals surface area contributed by atoms with Crippen LogP contribution in [0, 0.1) is 0 Å². The van der Waals surface area contributed by atoms with Gasteiger partial charge < -0.3 is 9.64 Å². The number of hydrogen-bond donors (Lipinski definition) is 1. The maximum absolute atomic E-state index is 12.0. The van der Waals surface area contributed by atoms with E-state index in [9.17, 15) is 4.79 Å². The summed E-state index contributed by atoms with van der Waals surface area (Å²) in [7, 11) is 1.63. The van der Waals surface area contributed by atoms with Gasteiger partial charge in [-0.3, -0.25) is 10.1 Å². The molecule has 0 aliphatic carbocycles. The molecule has 1 fully saturated rings. The second-order valence-corrected chi connectivity index (χ2v) is 5.24. The minimum atomic E-state index is -0.133. The predicted molar refractivity (Wildman–Crippen MR) is 82.0 cm³/mol. The van der Waals surface area contributed by atoms with Crippen molar-refractivity contribution in [3.05, 3.63) is 35.5 Å². The summed E-state index contributed by atoms with van der Waals surface area (Å²) in [6, 6.07) is 7.56. The van der Waals surface area contributed by atoms with E-state index in [4.69, 9.17) is 4.74 Å². The van der Waals surface area contributed by atoms with Crippen LogP contribution in [-0.2, 0) is 4.79 Å². The van der Waals surface area contributed by atoms with E-state index in [1.807, 2.05) is 24.3 Å². The van der Waals surface area contributed by atoms with Gasteiger partial charge in [0, 0.05) is 13.1 Å². The molecule has 1 aromatic carbocycles. The molecule has 0 unspecified atom stereocenters. The molecule has 2 aliphatic rings. The molecule has 2 aliphatic heterocycles. The Morgan fingerprint density at radius 3 is 2.57 bits per heavy atom. The third-order valence-electron chi connectivity index (χ3n) is 3.76. The first kappa shape index (κ1) is 13.7. The van der Waals surface area contributed by atoms with E-state index in [1.165, 1.54) is 6.42 Å². The monoisotopic (exact) mass is 285 g/mol. The van der Waals surface area contributed by atoms with Crippen LogP contribution in [0.2, 0.25) is 0 Å². The SMILES string of the molecule is COc1ccc(C=C2N=C(N3CCCCC3)NC2=O)cc1. The van der Waals surface area contributed by atoms with Gasteiger partial charge in [-0.1, -0.05) is 12.1 Å². The second-order valence-electron chi connectivity index (χ2n) is 5.24. The normalized spacial score (nSPS) is 20.4. The first-order valence-corrected chi connectivity index (χ1v) is 7.27. The number of carbonyl (C=O) groups excluding carboxylic acids is 1. The number of nitrogens with one attached hydrogen (secondary N) is 1. The Morgan fingerprint density at radius 1 is 1.19 bits per heavy atom. The first-order chi connectivity index (χ1) is 10.3. The van der Waals surface area contributed by atoms with E-state index < -0.39 is 0 Å². The molecule has 2 heterocycles. The average Bonchev–Trinajstić information content (AvgIpc) is 2.90. The molecule has 0 spiro atoms. The molecule has 110 valence electrons. The third kappa shape index (κ3) is 3.07. The summed E-state index contributed by atoms with van der Waals surface area (Å²) in [5.41, 5.74) is 1.39. The largest absolute Gasteiger partial charge is 0.497 e. The fraction of sp³-hybridized carbons (Fsp3) is 0.375. The van der Waals surface area contributed by atoms with Crippen LogP contribution in [0.1, 0.15) is 24.8 Å². The minimum Gasteiger partial charge on any atom is -0.497 e. The number of piperidine rings is 1. The number of rotatable bonds is 2. The Kier molecular flexibility index (Phi) is 3.90. The number of carbonyl (C=O) groups is 1. The molecule has 1 N–H and O–H groups in total. The number of benzene rings is 1. The maximum Gasteiger partial charge on any atom is 0.276 e. The van der Waals surface area contributed by atoms with Crippen molar-refractivity contribution in [3.63, 3.8) is 0 Å². The molecular weight excluding hydrogens is 266 g/mol. The lowest BCUT2D eigenvalue weighted by atomic mass is 10.1. The number of methoxy groups -OCH3 is 1. The Bertz CT molecular complexity index is 584. The highest BCUT2D eigenvalue weighted by molar-refractivity contribution is 6.13. The van der Waals surface area contributed by atoms with E-state index in [-0.39, 0.29) is 5.91 Å². The van der Waals surface area contributed by atoms with Gasteiger partial charge in [0.15, 0.2) is 0 Å². The van der Waals surface area contributed by atoms with Crippen LogP contribution < -0.4 is 10.1 Å². The van der Waals surface area contributed by atoms with Gasteiger partial charge in [0.05, 0.1) is 7.11 Å². The summed E-state index contributed by atoms with van der Waals surface area (Å²) < 4.78 is 5.12. The molecule has 1 aromatic rings. The Balaban J connectivity index is 1.78. The number of amides is 1. The summed E-state index contributed by atoms with van der Waals surface area (Å²) in [6.45, 7) is 1.93. The van der Waals surface area contributed by atoms with Crippen molar-refractivity contribution in [2.75, 3.05) is 20.2 Å². The number of likely N-dealkylation sites (tertiary alicyclic amines) is 1. The van der Waals surface area contributed by atoms with Crippen molar-refractivity contribution in [1.82, 2.24) is 10.2 Å². The Hall–Kier alpha value is -2.30. The maximum atomic E-state index is 12.0. The van der Waals surface area contributed by atoms with Gasteiger partial charge in [-0.25, -0.2) is 4.99 Å². The zero-order chi connectivity index (χ0) is 14.7. The molecule has 1 amide bonds. The highest BCUT2D eigenvalue weighted by Gasteiger charge is 2.25. The van der Waals surface area contributed by atoms with Crippen LogP contribution >= 0.6 is 0 Å². The van der Waals surface area contributed by atoms with Crippen LogP contribution in [0.5, 0.6) is 5.75 Å². The molecule has 0 saturated carbocycles. The Labute approximate surface area is 124 Å². The fourth-order valence-electron chi connectivity index (χ4n) is 2.57. The molecule has 1 saturated heterocycles. The third-order valence-corrected chi connectivity index (χ3v) is 3.76. The number of ether oxygens (including phenoxy) is 1. The predicted octanol–water partition coefficient (Wildman–Crippen LogP) is 2.01. The fourth-order valence-corrected chi connectivity index (χ4v) is 2.57.